The first-order chi connectivity index (χ1) is 47.7. The van der Waals surface area contributed by atoms with Gasteiger partial charge in [-0.05, 0) is 43.4 Å². The number of hydrogen-bond acceptors (Lipinski definition) is 15. The third-order valence-corrected chi connectivity index (χ3v) is 20.5. The van der Waals surface area contributed by atoms with Gasteiger partial charge in [0.2, 0.25) is 0 Å². The van der Waals surface area contributed by atoms with Crippen LogP contribution in [0.5, 0.6) is 0 Å². The molecule has 0 aliphatic heterocycles. The summed E-state index contributed by atoms with van der Waals surface area (Å²) in [4.78, 5) is 73.0. The highest BCUT2D eigenvalue weighted by Crippen LogP contribution is 2.45. The van der Waals surface area contributed by atoms with Gasteiger partial charge < -0.3 is 33.8 Å². The van der Waals surface area contributed by atoms with Crippen molar-refractivity contribution in [1.82, 2.24) is 0 Å². The zero-order chi connectivity index (χ0) is 73.0. The number of aliphatic hydroxyl groups excluding tert-OH is 1. The Balaban J connectivity index is 5.25. The van der Waals surface area contributed by atoms with E-state index < -0.39 is 97.5 Å². The molecule has 0 aromatic heterocycles. The minimum Gasteiger partial charge on any atom is -0.462 e. The van der Waals surface area contributed by atoms with Crippen LogP contribution >= 0.6 is 15.6 Å². The molecule has 0 spiro atoms. The van der Waals surface area contributed by atoms with E-state index in [0.717, 1.165) is 108 Å². The second kappa shape index (κ2) is 70.4. The summed E-state index contributed by atoms with van der Waals surface area (Å²) in [5, 5.41) is 10.6. The fraction of sp³-hybridized carbons (Fsp3) is 0.950. The number of hydrogen-bond donors (Lipinski definition) is 3. The molecule has 0 heterocycles. The maximum atomic E-state index is 13.1. The van der Waals surface area contributed by atoms with Crippen molar-refractivity contribution in [2.75, 3.05) is 39.6 Å². The second-order valence-electron chi connectivity index (χ2n) is 30.2. The zero-order valence-electron chi connectivity index (χ0n) is 65.0. The molecule has 0 aliphatic carbocycles. The van der Waals surface area contributed by atoms with Crippen LogP contribution in [0.1, 0.15) is 414 Å². The lowest BCUT2D eigenvalue weighted by Crippen LogP contribution is -2.30. The summed E-state index contributed by atoms with van der Waals surface area (Å²) >= 11 is 0. The first-order valence-electron chi connectivity index (χ1n) is 41.3. The van der Waals surface area contributed by atoms with E-state index >= 15 is 0 Å². The molecule has 0 amide bonds. The van der Waals surface area contributed by atoms with Crippen molar-refractivity contribution in [2.45, 2.75) is 433 Å². The SMILES string of the molecule is CCCCCCCCCCCCC(=O)OC[C@H](COP(=O)(O)OC[C@H](O)COP(=O)(O)OC[C@@H](COC(=O)CCCCCCCCCCCCCCCC(C)C)OC(=O)CCCCCCCCCCCCCCCCCC(C)C)OC(=O)CCCCCCCCCCCCCCC(C)C. The Morgan fingerprint density at radius 1 is 0.273 bits per heavy atom. The molecule has 2 unspecified atom stereocenters. The Bertz CT molecular complexity index is 1920. The summed E-state index contributed by atoms with van der Waals surface area (Å²) in [6.45, 7) is 12.0. The minimum absolute atomic E-state index is 0.107. The van der Waals surface area contributed by atoms with E-state index in [1.165, 1.54) is 225 Å². The molecule has 5 atom stereocenters. The summed E-state index contributed by atoms with van der Waals surface area (Å²) in [6, 6.07) is 0. The van der Waals surface area contributed by atoms with Gasteiger partial charge in [0, 0.05) is 25.7 Å². The van der Waals surface area contributed by atoms with Crippen molar-refractivity contribution >= 4 is 39.5 Å². The molecule has 19 heteroatoms. The largest absolute Gasteiger partial charge is 0.472 e. The van der Waals surface area contributed by atoms with Gasteiger partial charge in [-0.3, -0.25) is 37.3 Å². The predicted octanol–water partition coefficient (Wildman–Crippen LogP) is 23.7. The molecule has 0 aromatic carbocycles. The van der Waals surface area contributed by atoms with Gasteiger partial charge in [-0.25, -0.2) is 9.13 Å². The van der Waals surface area contributed by atoms with Crippen LogP contribution in [-0.4, -0.2) is 96.7 Å². The molecule has 0 saturated heterocycles. The van der Waals surface area contributed by atoms with E-state index in [2.05, 4.69) is 48.5 Å². The van der Waals surface area contributed by atoms with Gasteiger partial charge >= 0.3 is 39.5 Å². The highest BCUT2D eigenvalue weighted by molar-refractivity contribution is 7.47. The van der Waals surface area contributed by atoms with Crippen molar-refractivity contribution in [3.05, 3.63) is 0 Å². The van der Waals surface area contributed by atoms with Crippen molar-refractivity contribution in [1.29, 1.82) is 0 Å². The van der Waals surface area contributed by atoms with Crippen LogP contribution in [0.4, 0.5) is 0 Å². The fourth-order valence-corrected chi connectivity index (χ4v) is 13.9. The van der Waals surface area contributed by atoms with Crippen LogP contribution in [-0.2, 0) is 65.4 Å². The number of phosphoric ester groups is 2. The highest BCUT2D eigenvalue weighted by atomic mass is 31.2. The van der Waals surface area contributed by atoms with Gasteiger partial charge in [-0.15, -0.1) is 0 Å². The molecule has 0 aliphatic rings. The van der Waals surface area contributed by atoms with Crippen LogP contribution in [0.2, 0.25) is 0 Å². The van der Waals surface area contributed by atoms with Gasteiger partial charge in [0.1, 0.15) is 19.3 Å². The number of carbonyl (C=O) groups excluding carboxylic acids is 4. The van der Waals surface area contributed by atoms with Crippen LogP contribution in [0.15, 0.2) is 0 Å². The molecule has 17 nitrogen and oxygen atoms in total. The summed E-state index contributed by atoms with van der Waals surface area (Å²) < 4.78 is 68.7. The van der Waals surface area contributed by atoms with Crippen LogP contribution in [0.3, 0.4) is 0 Å². The van der Waals surface area contributed by atoms with E-state index in [-0.39, 0.29) is 25.7 Å². The first kappa shape index (κ1) is 97.1. The lowest BCUT2D eigenvalue weighted by Gasteiger charge is -2.21. The quantitative estimate of drug-likeness (QED) is 0.0222. The van der Waals surface area contributed by atoms with E-state index in [1.807, 2.05) is 0 Å². The monoisotopic (exact) mass is 1450 g/mol. The number of phosphoric acid groups is 2. The van der Waals surface area contributed by atoms with Crippen molar-refractivity contribution in [3.63, 3.8) is 0 Å². The third-order valence-electron chi connectivity index (χ3n) is 18.6. The molecule has 0 bridgehead atoms. The molecular weight excluding hydrogens is 1290 g/mol. The molecule has 0 saturated carbocycles. The van der Waals surface area contributed by atoms with E-state index in [4.69, 9.17) is 37.0 Å². The lowest BCUT2D eigenvalue weighted by atomic mass is 10.0. The second-order valence-corrected chi connectivity index (χ2v) is 33.1. The molecule has 588 valence electrons. The van der Waals surface area contributed by atoms with Crippen LogP contribution in [0, 0.1) is 17.8 Å². The molecule has 3 N–H and O–H groups in total. The number of aliphatic hydroxyl groups is 1. The molecule has 99 heavy (non-hydrogen) atoms. The summed E-state index contributed by atoms with van der Waals surface area (Å²) in [5.41, 5.74) is 0. The van der Waals surface area contributed by atoms with E-state index in [0.29, 0.717) is 25.7 Å². The van der Waals surface area contributed by atoms with Gasteiger partial charge in [-0.1, -0.05) is 363 Å². The Morgan fingerprint density at radius 3 is 0.687 bits per heavy atom. The Hall–Kier alpha value is -1.94. The standard InChI is InChI=1S/C80H156O17P2/c1-8-9-10-11-12-13-33-40-47-54-61-77(82)90-67-75(96-80(85)64-57-50-43-36-29-23-22-26-32-39-46-53-60-73(6)7)69-94-98(86,87)92-65-74(81)66-93-99(88,89)95-70-76(68-91-78(83)62-55-48-41-34-27-21-17-19-25-31-38-45-52-59-72(4)5)97-79(84)63-56-49-42-35-28-20-16-14-15-18-24-30-37-44-51-58-71(2)3/h71-76,81H,8-70H2,1-7H3,(H,86,87)(H,88,89)/t74-,75+,76+/m0/s1. The molecule has 0 rings (SSSR count). The molecular formula is C80H156O17P2. The van der Waals surface area contributed by atoms with Gasteiger partial charge in [0.15, 0.2) is 12.2 Å². The number of ether oxygens (including phenoxy) is 4. The van der Waals surface area contributed by atoms with Gasteiger partial charge in [0.05, 0.1) is 26.4 Å². The zero-order valence-corrected chi connectivity index (χ0v) is 66.8. The first-order valence-corrected chi connectivity index (χ1v) is 44.3. The third kappa shape index (κ3) is 74.1. The maximum Gasteiger partial charge on any atom is 0.472 e. The van der Waals surface area contributed by atoms with Crippen LogP contribution < -0.4 is 0 Å². The summed E-state index contributed by atoms with van der Waals surface area (Å²) in [7, 11) is -9.92. The summed E-state index contributed by atoms with van der Waals surface area (Å²) in [5.74, 6) is 0.259. The normalized spacial score (nSPS) is 14.0. The highest BCUT2D eigenvalue weighted by Gasteiger charge is 2.30. The van der Waals surface area contributed by atoms with E-state index in [1.54, 1.807) is 0 Å². The number of esters is 4. The van der Waals surface area contributed by atoms with E-state index in [9.17, 15) is 43.2 Å². The Morgan fingerprint density at radius 2 is 0.465 bits per heavy atom. The Labute approximate surface area is 607 Å². The van der Waals surface area contributed by atoms with Crippen molar-refractivity contribution < 1.29 is 80.2 Å². The smallest absolute Gasteiger partial charge is 0.462 e. The summed E-state index contributed by atoms with van der Waals surface area (Å²) in [6.07, 6.45) is 58.1. The maximum absolute atomic E-state index is 13.1. The average Bonchev–Trinajstić information content (AvgIpc) is 1.08. The lowest BCUT2D eigenvalue weighted by molar-refractivity contribution is -0.161. The van der Waals surface area contributed by atoms with Crippen molar-refractivity contribution in [2.24, 2.45) is 17.8 Å². The average molecular weight is 1450 g/mol. The van der Waals surface area contributed by atoms with Gasteiger partial charge in [-0.2, -0.15) is 0 Å². The molecule has 0 radical (unpaired) electrons. The fourth-order valence-electron chi connectivity index (χ4n) is 12.3. The Kier molecular flexibility index (Phi) is 69.0. The van der Waals surface area contributed by atoms with Crippen LogP contribution in [0.25, 0.3) is 0 Å². The predicted molar refractivity (Wildman–Crippen MR) is 405 cm³/mol. The number of carbonyl (C=O) groups is 4. The number of rotatable bonds is 78. The van der Waals surface area contributed by atoms with Gasteiger partial charge in [0.25, 0.3) is 0 Å². The van der Waals surface area contributed by atoms with Crippen molar-refractivity contribution in [3.8, 4) is 0 Å². The minimum atomic E-state index is -4.96. The molecule has 0 fully saturated rings. The number of unbranched alkanes of at least 4 members (excludes halogenated alkanes) is 46. The topological polar surface area (TPSA) is 237 Å². The molecule has 0 aromatic rings.